The molecule has 1 rings (SSSR count). The summed E-state index contributed by atoms with van der Waals surface area (Å²) in [4.78, 5) is 0. The fraction of sp³-hybridized carbons (Fsp3) is 0.600. The van der Waals surface area contributed by atoms with Crippen molar-refractivity contribution in [1.29, 1.82) is 0 Å². The summed E-state index contributed by atoms with van der Waals surface area (Å²) in [5.74, 6) is 1.36. The van der Waals surface area contributed by atoms with Gasteiger partial charge in [-0.15, -0.1) is 0 Å². The molecule has 0 fully saturated rings. The van der Waals surface area contributed by atoms with E-state index >= 15 is 0 Å². The summed E-state index contributed by atoms with van der Waals surface area (Å²) >= 11 is 6.36. The SMILES string of the molecule is CNC(CC(C)(C)C)c1cc(OC)c(OC)cc1Cl. The molecular formula is C15H24ClNO2. The average Bonchev–Trinajstić information content (AvgIpc) is 2.34. The molecule has 0 bridgehead atoms. The van der Waals surface area contributed by atoms with Gasteiger partial charge in [-0.05, 0) is 30.5 Å². The molecular weight excluding hydrogens is 262 g/mol. The molecule has 3 nitrogen and oxygen atoms in total. The Bertz CT molecular complexity index is 427. The maximum atomic E-state index is 6.36. The molecule has 108 valence electrons. The highest BCUT2D eigenvalue weighted by Gasteiger charge is 2.22. The van der Waals surface area contributed by atoms with Gasteiger partial charge in [0.05, 0.1) is 14.2 Å². The van der Waals surface area contributed by atoms with Crippen molar-refractivity contribution in [3.05, 3.63) is 22.7 Å². The van der Waals surface area contributed by atoms with Gasteiger partial charge in [0.15, 0.2) is 11.5 Å². The van der Waals surface area contributed by atoms with E-state index in [1.807, 2.05) is 19.2 Å². The van der Waals surface area contributed by atoms with Crippen molar-refractivity contribution in [2.75, 3.05) is 21.3 Å². The highest BCUT2D eigenvalue weighted by molar-refractivity contribution is 6.31. The Kier molecular flexibility index (Phi) is 5.50. The van der Waals surface area contributed by atoms with E-state index < -0.39 is 0 Å². The van der Waals surface area contributed by atoms with E-state index in [4.69, 9.17) is 21.1 Å². The van der Waals surface area contributed by atoms with Gasteiger partial charge in [0.2, 0.25) is 0 Å². The van der Waals surface area contributed by atoms with E-state index in [0.717, 1.165) is 12.0 Å². The normalized spacial score (nSPS) is 13.2. The molecule has 0 heterocycles. The fourth-order valence-corrected chi connectivity index (χ4v) is 2.40. The second-order valence-electron chi connectivity index (χ2n) is 5.83. The topological polar surface area (TPSA) is 30.5 Å². The van der Waals surface area contributed by atoms with Crippen LogP contribution < -0.4 is 14.8 Å². The van der Waals surface area contributed by atoms with Crippen molar-refractivity contribution in [2.45, 2.75) is 33.2 Å². The molecule has 0 amide bonds. The molecule has 0 saturated heterocycles. The highest BCUT2D eigenvalue weighted by Crippen LogP contribution is 2.39. The first-order chi connectivity index (χ1) is 8.82. The predicted octanol–water partition coefficient (Wildman–Crippen LogP) is 4.05. The molecule has 1 unspecified atom stereocenters. The monoisotopic (exact) mass is 285 g/mol. The fourth-order valence-electron chi connectivity index (χ4n) is 2.12. The van der Waals surface area contributed by atoms with Crippen molar-refractivity contribution in [2.24, 2.45) is 5.41 Å². The van der Waals surface area contributed by atoms with Crippen LogP contribution in [0.1, 0.15) is 38.8 Å². The Morgan fingerprint density at radius 2 is 1.68 bits per heavy atom. The first kappa shape index (κ1) is 16.1. The molecule has 1 aromatic carbocycles. The van der Waals surface area contributed by atoms with Gasteiger partial charge in [-0.1, -0.05) is 32.4 Å². The number of benzene rings is 1. The van der Waals surface area contributed by atoms with Gasteiger partial charge in [-0.2, -0.15) is 0 Å². The van der Waals surface area contributed by atoms with Gasteiger partial charge in [-0.25, -0.2) is 0 Å². The molecule has 0 aliphatic rings. The summed E-state index contributed by atoms with van der Waals surface area (Å²) in [6, 6.07) is 3.95. The maximum absolute atomic E-state index is 6.36. The number of halogens is 1. The Morgan fingerprint density at radius 3 is 2.11 bits per heavy atom. The van der Waals surface area contributed by atoms with Crippen LogP contribution in [0.15, 0.2) is 12.1 Å². The van der Waals surface area contributed by atoms with Gasteiger partial charge in [0.1, 0.15) is 0 Å². The van der Waals surface area contributed by atoms with Crippen LogP contribution in [0, 0.1) is 5.41 Å². The minimum atomic E-state index is 0.187. The lowest BCUT2D eigenvalue weighted by Crippen LogP contribution is -2.22. The van der Waals surface area contributed by atoms with Crippen LogP contribution in [0.5, 0.6) is 11.5 Å². The van der Waals surface area contributed by atoms with Crippen molar-refractivity contribution in [3.63, 3.8) is 0 Å². The zero-order valence-electron chi connectivity index (χ0n) is 12.6. The summed E-state index contributed by atoms with van der Waals surface area (Å²) in [6.07, 6.45) is 0.985. The Hall–Kier alpha value is -0.930. The predicted molar refractivity (Wildman–Crippen MR) is 80.4 cm³/mol. The third kappa shape index (κ3) is 4.29. The van der Waals surface area contributed by atoms with Gasteiger partial charge >= 0.3 is 0 Å². The number of hydrogen-bond acceptors (Lipinski definition) is 3. The molecule has 0 aliphatic heterocycles. The van der Waals surface area contributed by atoms with Gasteiger partial charge < -0.3 is 14.8 Å². The van der Waals surface area contributed by atoms with Gasteiger partial charge in [-0.3, -0.25) is 0 Å². The third-order valence-corrected chi connectivity index (χ3v) is 3.37. The summed E-state index contributed by atoms with van der Waals surface area (Å²) < 4.78 is 10.6. The second-order valence-corrected chi connectivity index (χ2v) is 6.24. The van der Waals surface area contributed by atoms with E-state index in [0.29, 0.717) is 16.5 Å². The maximum Gasteiger partial charge on any atom is 0.162 e. The summed E-state index contributed by atoms with van der Waals surface area (Å²) in [5.41, 5.74) is 1.25. The lowest BCUT2D eigenvalue weighted by Gasteiger charge is -2.27. The van der Waals surface area contributed by atoms with Gasteiger partial charge in [0.25, 0.3) is 0 Å². The van der Waals surface area contributed by atoms with Crippen LogP contribution in [0.4, 0.5) is 0 Å². The molecule has 1 atom stereocenters. The van der Waals surface area contributed by atoms with E-state index in [1.165, 1.54) is 0 Å². The Balaban J connectivity index is 3.17. The van der Waals surface area contributed by atoms with E-state index in [1.54, 1.807) is 14.2 Å². The van der Waals surface area contributed by atoms with E-state index in [-0.39, 0.29) is 11.5 Å². The van der Waals surface area contributed by atoms with Crippen LogP contribution in [0.3, 0.4) is 0 Å². The minimum absolute atomic E-state index is 0.187. The highest BCUT2D eigenvalue weighted by atomic mass is 35.5. The third-order valence-electron chi connectivity index (χ3n) is 3.04. The molecule has 0 aromatic heterocycles. The van der Waals surface area contributed by atoms with Crippen molar-refractivity contribution in [3.8, 4) is 11.5 Å². The average molecular weight is 286 g/mol. The van der Waals surface area contributed by atoms with Crippen LogP contribution in [-0.4, -0.2) is 21.3 Å². The van der Waals surface area contributed by atoms with E-state index in [2.05, 4.69) is 26.1 Å². The molecule has 0 aliphatic carbocycles. The van der Waals surface area contributed by atoms with Crippen LogP contribution in [0.25, 0.3) is 0 Å². The molecule has 0 spiro atoms. The molecule has 1 N–H and O–H groups in total. The first-order valence-corrected chi connectivity index (χ1v) is 6.79. The summed E-state index contributed by atoms with van der Waals surface area (Å²) in [7, 11) is 5.19. The second kappa shape index (κ2) is 6.49. The summed E-state index contributed by atoms with van der Waals surface area (Å²) in [6.45, 7) is 6.64. The van der Waals surface area contributed by atoms with Crippen molar-refractivity contribution >= 4 is 11.6 Å². The molecule has 0 radical (unpaired) electrons. The number of ether oxygens (including phenoxy) is 2. The molecule has 19 heavy (non-hydrogen) atoms. The molecule has 4 heteroatoms. The number of hydrogen-bond donors (Lipinski definition) is 1. The molecule has 0 saturated carbocycles. The Labute approximate surface area is 121 Å². The van der Waals surface area contributed by atoms with Crippen LogP contribution in [-0.2, 0) is 0 Å². The lowest BCUT2D eigenvalue weighted by atomic mass is 9.85. The minimum Gasteiger partial charge on any atom is -0.493 e. The molecule has 1 aromatic rings. The van der Waals surface area contributed by atoms with Crippen LogP contribution in [0.2, 0.25) is 5.02 Å². The zero-order valence-corrected chi connectivity index (χ0v) is 13.4. The lowest BCUT2D eigenvalue weighted by molar-refractivity contribution is 0.318. The van der Waals surface area contributed by atoms with Gasteiger partial charge in [0, 0.05) is 17.1 Å². The number of methoxy groups -OCH3 is 2. The quantitative estimate of drug-likeness (QED) is 0.885. The largest absolute Gasteiger partial charge is 0.493 e. The van der Waals surface area contributed by atoms with Crippen molar-refractivity contribution < 1.29 is 9.47 Å². The Morgan fingerprint density at radius 1 is 1.16 bits per heavy atom. The number of nitrogens with one attached hydrogen (secondary N) is 1. The smallest absolute Gasteiger partial charge is 0.162 e. The zero-order chi connectivity index (χ0) is 14.6. The first-order valence-electron chi connectivity index (χ1n) is 6.41. The standard InChI is InChI=1S/C15H24ClNO2/c1-15(2,3)9-12(17-4)10-7-13(18-5)14(19-6)8-11(10)16/h7-8,12,17H,9H2,1-6H3. The van der Waals surface area contributed by atoms with E-state index in [9.17, 15) is 0 Å². The van der Waals surface area contributed by atoms with Crippen molar-refractivity contribution in [1.82, 2.24) is 5.32 Å². The number of rotatable bonds is 5. The summed E-state index contributed by atoms with van der Waals surface area (Å²) in [5, 5.41) is 4.02. The van der Waals surface area contributed by atoms with Crippen LogP contribution >= 0.6 is 11.6 Å².